The highest BCUT2D eigenvalue weighted by Crippen LogP contribution is 2.17. The molecule has 7 heteroatoms. The summed E-state index contributed by atoms with van der Waals surface area (Å²) in [4.78, 5) is 34.7. The zero-order chi connectivity index (χ0) is 15.3. The third-order valence-corrected chi connectivity index (χ3v) is 2.76. The second-order valence-electron chi connectivity index (χ2n) is 4.28. The molecule has 20 heavy (non-hydrogen) atoms. The molecule has 1 rings (SSSR count). The van der Waals surface area contributed by atoms with E-state index in [1.165, 1.54) is 11.9 Å². The first-order valence-corrected chi connectivity index (χ1v) is 5.87. The standard InChI is InChI=1S/C13H16N2O5/c1-8-5-3-4-6-10(8)15(2)13(20)14-9(12(18)19)7-11(16)17/h3-6,9H,7H2,1-2H3,(H,14,20)(H,16,17)(H,18,19)/t9-/m0/s1. The Morgan fingerprint density at radius 1 is 1.25 bits per heavy atom. The van der Waals surface area contributed by atoms with Gasteiger partial charge in [0.25, 0.3) is 0 Å². The topological polar surface area (TPSA) is 107 Å². The van der Waals surface area contributed by atoms with Gasteiger partial charge in [-0.15, -0.1) is 0 Å². The van der Waals surface area contributed by atoms with E-state index >= 15 is 0 Å². The highest BCUT2D eigenvalue weighted by molar-refractivity contribution is 5.95. The molecule has 0 fully saturated rings. The first-order chi connectivity index (χ1) is 9.32. The number of carbonyl (C=O) groups is 3. The Morgan fingerprint density at radius 3 is 2.35 bits per heavy atom. The van der Waals surface area contributed by atoms with Crippen molar-refractivity contribution >= 4 is 23.7 Å². The SMILES string of the molecule is Cc1ccccc1N(C)C(=O)N[C@@H](CC(=O)O)C(=O)O. The number of urea groups is 1. The number of rotatable bonds is 5. The van der Waals surface area contributed by atoms with Crippen molar-refractivity contribution in [1.82, 2.24) is 5.32 Å². The lowest BCUT2D eigenvalue weighted by atomic mass is 10.2. The number of benzene rings is 1. The Bertz CT molecular complexity index is 529. The molecule has 0 saturated heterocycles. The number of hydrogen-bond acceptors (Lipinski definition) is 3. The molecular weight excluding hydrogens is 264 g/mol. The second-order valence-corrected chi connectivity index (χ2v) is 4.28. The van der Waals surface area contributed by atoms with Crippen molar-refractivity contribution in [2.75, 3.05) is 11.9 Å². The van der Waals surface area contributed by atoms with Gasteiger partial charge in [-0.2, -0.15) is 0 Å². The first kappa shape index (κ1) is 15.5. The van der Waals surface area contributed by atoms with Gasteiger partial charge in [0.2, 0.25) is 0 Å². The minimum absolute atomic E-state index is 0.615. The zero-order valence-corrected chi connectivity index (χ0v) is 11.2. The molecule has 0 radical (unpaired) electrons. The van der Waals surface area contributed by atoms with E-state index in [2.05, 4.69) is 5.32 Å². The Labute approximate surface area is 115 Å². The Hall–Kier alpha value is -2.57. The van der Waals surface area contributed by atoms with E-state index in [4.69, 9.17) is 10.2 Å². The third-order valence-electron chi connectivity index (χ3n) is 2.76. The van der Waals surface area contributed by atoms with Crippen LogP contribution in [0.4, 0.5) is 10.5 Å². The number of aryl methyl sites for hydroxylation is 1. The molecule has 1 aromatic carbocycles. The molecule has 3 N–H and O–H groups in total. The molecule has 0 saturated carbocycles. The molecule has 2 amide bonds. The summed E-state index contributed by atoms with van der Waals surface area (Å²) in [6.07, 6.45) is -0.678. The summed E-state index contributed by atoms with van der Waals surface area (Å²) in [6, 6.07) is 4.94. The predicted molar refractivity (Wildman–Crippen MR) is 71.8 cm³/mol. The Morgan fingerprint density at radius 2 is 1.85 bits per heavy atom. The molecule has 0 aliphatic carbocycles. The number of nitrogens with zero attached hydrogens (tertiary/aromatic N) is 1. The van der Waals surface area contributed by atoms with E-state index in [0.29, 0.717) is 5.69 Å². The average Bonchev–Trinajstić information content (AvgIpc) is 2.37. The van der Waals surface area contributed by atoms with E-state index in [1.807, 2.05) is 19.1 Å². The van der Waals surface area contributed by atoms with Crippen LogP contribution in [-0.4, -0.2) is 41.3 Å². The van der Waals surface area contributed by atoms with Gasteiger partial charge in [-0.25, -0.2) is 9.59 Å². The smallest absolute Gasteiger partial charge is 0.326 e. The fourth-order valence-electron chi connectivity index (χ4n) is 1.67. The number of carboxylic acids is 2. The van der Waals surface area contributed by atoms with E-state index < -0.39 is 30.4 Å². The zero-order valence-electron chi connectivity index (χ0n) is 11.2. The number of anilines is 1. The molecule has 0 aliphatic rings. The number of hydrogen-bond donors (Lipinski definition) is 3. The van der Waals surface area contributed by atoms with E-state index in [-0.39, 0.29) is 0 Å². The summed E-state index contributed by atoms with van der Waals surface area (Å²) in [5.41, 5.74) is 1.46. The predicted octanol–water partition coefficient (Wildman–Crippen LogP) is 1.07. The van der Waals surface area contributed by atoms with Gasteiger partial charge in [0, 0.05) is 12.7 Å². The van der Waals surface area contributed by atoms with E-state index in [1.54, 1.807) is 12.1 Å². The Kier molecular flexibility index (Phi) is 5.08. The quantitative estimate of drug-likeness (QED) is 0.747. The van der Waals surface area contributed by atoms with E-state index in [9.17, 15) is 14.4 Å². The molecule has 0 unspecified atom stereocenters. The van der Waals surface area contributed by atoms with E-state index in [0.717, 1.165) is 5.56 Å². The van der Waals surface area contributed by atoms with Crippen molar-refractivity contribution in [3.05, 3.63) is 29.8 Å². The van der Waals surface area contributed by atoms with Crippen LogP contribution in [0.25, 0.3) is 0 Å². The summed E-state index contributed by atoms with van der Waals surface area (Å²) >= 11 is 0. The molecule has 1 atom stereocenters. The van der Waals surface area contributed by atoms with Crippen molar-refractivity contribution in [2.24, 2.45) is 0 Å². The fourth-order valence-corrected chi connectivity index (χ4v) is 1.67. The third kappa shape index (κ3) is 3.98. The first-order valence-electron chi connectivity index (χ1n) is 5.87. The number of nitrogens with one attached hydrogen (secondary N) is 1. The molecule has 0 heterocycles. The van der Waals surface area contributed by atoms with Crippen LogP contribution in [-0.2, 0) is 9.59 Å². The van der Waals surface area contributed by atoms with Gasteiger partial charge >= 0.3 is 18.0 Å². The van der Waals surface area contributed by atoms with Crippen LogP contribution >= 0.6 is 0 Å². The number of carboxylic acid groups (broad SMARTS) is 2. The lowest BCUT2D eigenvalue weighted by Crippen LogP contribution is -2.47. The summed E-state index contributed by atoms with van der Waals surface area (Å²) in [7, 11) is 1.48. The van der Waals surface area contributed by atoms with Gasteiger partial charge < -0.3 is 15.5 Å². The molecule has 1 aromatic rings. The molecule has 0 bridgehead atoms. The largest absolute Gasteiger partial charge is 0.481 e. The molecule has 108 valence electrons. The summed E-state index contributed by atoms with van der Waals surface area (Å²) in [5, 5.41) is 19.7. The highest BCUT2D eigenvalue weighted by atomic mass is 16.4. The average molecular weight is 280 g/mol. The molecule has 0 aromatic heterocycles. The molecule has 0 aliphatic heterocycles. The van der Waals surface area contributed by atoms with Gasteiger partial charge in [0.05, 0.1) is 6.42 Å². The maximum atomic E-state index is 12.0. The summed E-state index contributed by atoms with van der Waals surface area (Å²) in [6.45, 7) is 1.81. The molecular formula is C13H16N2O5. The Balaban J connectivity index is 2.81. The van der Waals surface area contributed by atoms with Crippen LogP contribution in [0.1, 0.15) is 12.0 Å². The fraction of sp³-hybridized carbons (Fsp3) is 0.308. The van der Waals surface area contributed by atoms with Gasteiger partial charge in [-0.05, 0) is 18.6 Å². The normalized spacial score (nSPS) is 11.5. The van der Waals surface area contributed by atoms with Gasteiger partial charge in [-0.1, -0.05) is 18.2 Å². The van der Waals surface area contributed by atoms with Crippen LogP contribution in [0.3, 0.4) is 0 Å². The monoisotopic (exact) mass is 280 g/mol. The maximum absolute atomic E-state index is 12.0. The minimum atomic E-state index is -1.47. The second kappa shape index (κ2) is 6.55. The number of para-hydroxylation sites is 1. The van der Waals surface area contributed by atoms with Crippen LogP contribution in [0.15, 0.2) is 24.3 Å². The van der Waals surface area contributed by atoms with Gasteiger partial charge in [-0.3, -0.25) is 9.69 Å². The van der Waals surface area contributed by atoms with Crippen molar-refractivity contribution in [1.29, 1.82) is 0 Å². The van der Waals surface area contributed by atoms with Crippen molar-refractivity contribution in [3.8, 4) is 0 Å². The van der Waals surface area contributed by atoms with Crippen molar-refractivity contribution in [3.63, 3.8) is 0 Å². The number of aliphatic carboxylic acids is 2. The van der Waals surface area contributed by atoms with Crippen LogP contribution in [0, 0.1) is 6.92 Å². The van der Waals surface area contributed by atoms with Crippen molar-refractivity contribution in [2.45, 2.75) is 19.4 Å². The maximum Gasteiger partial charge on any atom is 0.326 e. The van der Waals surface area contributed by atoms with Crippen LogP contribution in [0.2, 0.25) is 0 Å². The van der Waals surface area contributed by atoms with Crippen molar-refractivity contribution < 1.29 is 24.6 Å². The minimum Gasteiger partial charge on any atom is -0.481 e. The van der Waals surface area contributed by atoms with Gasteiger partial charge in [0.15, 0.2) is 0 Å². The highest BCUT2D eigenvalue weighted by Gasteiger charge is 2.25. The summed E-state index contributed by atoms with van der Waals surface area (Å²) in [5.74, 6) is -2.69. The van der Waals surface area contributed by atoms with Crippen LogP contribution in [0.5, 0.6) is 0 Å². The molecule has 7 nitrogen and oxygen atoms in total. The number of carbonyl (C=O) groups excluding carboxylic acids is 1. The summed E-state index contributed by atoms with van der Waals surface area (Å²) < 4.78 is 0. The van der Waals surface area contributed by atoms with Crippen LogP contribution < -0.4 is 10.2 Å². The van der Waals surface area contributed by atoms with Gasteiger partial charge in [0.1, 0.15) is 6.04 Å². The lowest BCUT2D eigenvalue weighted by Gasteiger charge is -2.22. The molecule has 0 spiro atoms. The number of amides is 2. The lowest BCUT2D eigenvalue weighted by molar-refractivity contribution is -0.145.